The largest absolute Gasteiger partial charge is 0.466 e. The van der Waals surface area contributed by atoms with Crippen LogP contribution in [-0.2, 0) is 23.8 Å². The molecule has 7 atom stereocenters. The van der Waals surface area contributed by atoms with Gasteiger partial charge in [0, 0.05) is 12.8 Å². The standard InChI is InChI=1S/C71H129NO10/c1-3-5-7-9-11-13-15-35-39-43-47-51-55-59-67(76)80-60-56-52-48-44-40-37-34-32-30-28-26-24-22-20-18-16-17-19-21-23-25-27-29-31-33-36-38-42-46-50-54-58-66(75)72-63(62-81-71-70(79)69(78)68(77)65(61-73)82-71)64(74)57-53-49-45-41-14-12-10-8-6-4-2/h6,8,14,18,20,24,26,41,53,57,63-65,68-71,73-74,77-79H,3-5,7,9-13,15-17,19,21-23,25,27-40,42-52,54-56,58-62H2,1-2H3,(H,72,75)/b8-6+,20-18-,26-24-,41-14+,57-53+. The summed E-state index contributed by atoms with van der Waals surface area (Å²) in [7, 11) is 0. The average molecular weight is 1160 g/mol. The predicted octanol–water partition coefficient (Wildman–Crippen LogP) is 17.3. The van der Waals surface area contributed by atoms with Crippen molar-refractivity contribution < 1.29 is 49.3 Å². The molecule has 0 aromatic carbocycles. The van der Waals surface area contributed by atoms with Gasteiger partial charge in [-0.3, -0.25) is 9.59 Å². The maximum absolute atomic E-state index is 13.0. The van der Waals surface area contributed by atoms with Gasteiger partial charge in [0.1, 0.15) is 24.4 Å². The monoisotopic (exact) mass is 1160 g/mol. The molecule has 1 amide bonds. The molecule has 0 spiro atoms. The van der Waals surface area contributed by atoms with Crippen molar-refractivity contribution in [2.45, 2.75) is 358 Å². The zero-order valence-electron chi connectivity index (χ0n) is 52.9. The molecule has 1 rings (SSSR count). The summed E-state index contributed by atoms with van der Waals surface area (Å²) >= 11 is 0. The highest BCUT2D eigenvalue weighted by Gasteiger charge is 2.44. The quantitative estimate of drug-likeness (QED) is 0.0195. The van der Waals surface area contributed by atoms with E-state index >= 15 is 0 Å². The Morgan fingerprint density at radius 2 is 0.866 bits per heavy atom. The Balaban J connectivity index is 1.95. The van der Waals surface area contributed by atoms with Crippen LogP contribution < -0.4 is 5.32 Å². The number of ether oxygens (including phenoxy) is 3. The Morgan fingerprint density at radius 3 is 1.33 bits per heavy atom. The molecular formula is C71H129NO10. The van der Waals surface area contributed by atoms with Crippen molar-refractivity contribution in [3.05, 3.63) is 60.8 Å². The first-order valence-corrected chi connectivity index (χ1v) is 34.6. The van der Waals surface area contributed by atoms with Gasteiger partial charge in [-0.05, 0) is 83.5 Å². The first-order chi connectivity index (χ1) is 40.2. The van der Waals surface area contributed by atoms with Gasteiger partial charge in [0.05, 0.1) is 32.0 Å². The smallest absolute Gasteiger partial charge is 0.305 e. The van der Waals surface area contributed by atoms with E-state index in [1.807, 2.05) is 6.08 Å². The van der Waals surface area contributed by atoms with E-state index in [1.54, 1.807) is 6.08 Å². The molecule has 11 nitrogen and oxygen atoms in total. The number of rotatable bonds is 60. The third kappa shape index (κ3) is 48.6. The molecule has 11 heteroatoms. The van der Waals surface area contributed by atoms with Crippen LogP contribution in [0.4, 0.5) is 0 Å². The second kappa shape index (κ2) is 60.1. The summed E-state index contributed by atoms with van der Waals surface area (Å²) in [6.07, 6.45) is 69.5. The molecule has 0 aliphatic carbocycles. The topological polar surface area (TPSA) is 175 Å². The van der Waals surface area contributed by atoms with E-state index < -0.39 is 49.5 Å². The number of amides is 1. The van der Waals surface area contributed by atoms with Crippen LogP contribution in [0, 0.1) is 0 Å². The molecule has 6 N–H and O–H groups in total. The number of allylic oxidation sites excluding steroid dienone is 9. The Morgan fingerprint density at radius 1 is 0.463 bits per heavy atom. The molecule has 0 aromatic heterocycles. The third-order valence-electron chi connectivity index (χ3n) is 16.1. The lowest BCUT2D eigenvalue weighted by Crippen LogP contribution is -2.60. The van der Waals surface area contributed by atoms with Crippen molar-refractivity contribution in [2.24, 2.45) is 0 Å². The average Bonchev–Trinajstić information content (AvgIpc) is 3.67. The molecule has 82 heavy (non-hydrogen) atoms. The first-order valence-electron chi connectivity index (χ1n) is 34.6. The summed E-state index contributed by atoms with van der Waals surface area (Å²) in [5.74, 6) is -0.192. The highest BCUT2D eigenvalue weighted by molar-refractivity contribution is 5.76. The summed E-state index contributed by atoms with van der Waals surface area (Å²) in [6, 6.07) is -0.834. The summed E-state index contributed by atoms with van der Waals surface area (Å²) in [6.45, 7) is 4.22. The second-order valence-corrected chi connectivity index (χ2v) is 23.8. The molecule has 1 aliphatic heterocycles. The Hall–Kier alpha value is -2.64. The van der Waals surface area contributed by atoms with Crippen molar-refractivity contribution in [3.8, 4) is 0 Å². The lowest BCUT2D eigenvalue weighted by atomic mass is 9.99. The van der Waals surface area contributed by atoms with E-state index in [4.69, 9.17) is 14.2 Å². The van der Waals surface area contributed by atoms with Crippen molar-refractivity contribution in [1.29, 1.82) is 0 Å². The van der Waals surface area contributed by atoms with Gasteiger partial charge in [0.2, 0.25) is 5.91 Å². The van der Waals surface area contributed by atoms with Gasteiger partial charge < -0.3 is 45.1 Å². The fraction of sp³-hybridized carbons (Fsp3) is 0.831. The van der Waals surface area contributed by atoms with Gasteiger partial charge in [-0.2, -0.15) is 0 Å². The van der Waals surface area contributed by atoms with Gasteiger partial charge in [0.25, 0.3) is 0 Å². The highest BCUT2D eigenvalue weighted by Crippen LogP contribution is 2.23. The fourth-order valence-corrected chi connectivity index (χ4v) is 10.7. The molecule has 1 aliphatic rings. The molecule has 0 saturated carbocycles. The molecule has 7 unspecified atom stereocenters. The van der Waals surface area contributed by atoms with Gasteiger partial charge in [0.15, 0.2) is 6.29 Å². The summed E-state index contributed by atoms with van der Waals surface area (Å²) in [5, 5.41) is 54.3. The number of carbonyl (C=O) groups excluding carboxylic acids is 2. The van der Waals surface area contributed by atoms with Gasteiger partial charge >= 0.3 is 5.97 Å². The van der Waals surface area contributed by atoms with Crippen LogP contribution >= 0.6 is 0 Å². The minimum atomic E-state index is -1.58. The number of unbranched alkanes of at least 4 members (excludes halogenated alkanes) is 38. The van der Waals surface area contributed by atoms with Gasteiger partial charge in [-0.1, -0.05) is 280 Å². The predicted molar refractivity (Wildman–Crippen MR) is 343 cm³/mol. The maximum atomic E-state index is 13.0. The van der Waals surface area contributed by atoms with E-state index in [1.165, 1.54) is 212 Å². The van der Waals surface area contributed by atoms with Gasteiger partial charge in [-0.25, -0.2) is 0 Å². The number of nitrogens with one attached hydrogen (secondary N) is 1. The van der Waals surface area contributed by atoms with Crippen molar-refractivity contribution in [3.63, 3.8) is 0 Å². The Kier molecular flexibility index (Phi) is 56.7. The van der Waals surface area contributed by atoms with E-state index in [0.717, 1.165) is 77.0 Å². The lowest BCUT2D eigenvalue weighted by Gasteiger charge is -2.40. The molecule has 1 fully saturated rings. The highest BCUT2D eigenvalue weighted by atomic mass is 16.7. The van der Waals surface area contributed by atoms with Crippen LogP contribution in [-0.4, -0.2) is 100 Å². The minimum absolute atomic E-state index is 0.00608. The third-order valence-corrected chi connectivity index (χ3v) is 16.1. The first kappa shape index (κ1) is 77.4. The summed E-state index contributed by atoms with van der Waals surface area (Å²) < 4.78 is 16.7. The van der Waals surface area contributed by atoms with Crippen LogP contribution in [0.5, 0.6) is 0 Å². The number of aliphatic hydroxyl groups excluding tert-OH is 5. The van der Waals surface area contributed by atoms with Crippen molar-refractivity contribution in [1.82, 2.24) is 5.32 Å². The van der Waals surface area contributed by atoms with E-state index in [9.17, 15) is 35.1 Å². The van der Waals surface area contributed by atoms with E-state index in [-0.39, 0.29) is 18.5 Å². The van der Waals surface area contributed by atoms with Crippen LogP contribution in [0.25, 0.3) is 0 Å². The molecule has 0 bridgehead atoms. The number of hydrogen-bond donors (Lipinski definition) is 6. The van der Waals surface area contributed by atoms with Crippen LogP contribution in [0.2, 0.25) is 0 Å². The zero-order valence-corrected chi connectivity index (χ0v) is 52.9. The lowest BCUT2D eigenvalue weighted by molar-refractivity contribution is -0.302. The second-order valence-electron chi connectivity index (χ2n) is 23.8. The molecule has 0 aromatic rings. The molecule has 1 heterocycles. The van der Waals surface area contributed by atoms with Crippen molar-refractivity contribution in [2.75, 3.05) is 19.8 Å². The summed E-state index contributed by atoms with van der Waals surface area (Å²) in [5.41, 5.74) is 0. The summed E-state index contributed by atoms with van der Waals surface area (Å²) in [4.78, 5) is 25.1. The number of aliphatic hydroxyl groups is 5. The Labute approximate surface area is 503 Å². The number of hydrogen-bond acceptors (Lipinski definition) is 10. The zero-order chi connectivity index (χ0) is 59.5. The van der Waals surface area contributed by atoms with Crippen LogP contribution in [0.3, 0.4) is 0 Å². The molecular weight excluding hydrogens is 1030 g/mol. The molecule has 1 saturated heterocycles. The maximum Gasteiger partial charge on any atom is 0.305 e. The fourth-order valence-electron chi connectivity index (χ4n) is 10.7. The Bertz CT molecular complexity index is 1550. The molecule has 0 radical (unpaired) electrons. The normalized spacial score (nSPS) is 18.5. The number of carbonyl (C=O) groups is 2. The van der Waals surface area contributed by atoms with Crippen molar-refractivity contribution >= 4 is 11.9 Å². The molecule has 478 valence electrons. The van der Waals surface area contributed by atoms with Gasteiger partial charge in [-0.15, -0.1) is 0 Å². The van der Waals surface area contributed by atoms with Crippen LogP contribution in [0.1, 0.15) is 316 Å². The number of esters is 1. The van der Waals surface area contributed by atoms with Crippen LogP contribution in [0.15, 0.2) is 60.8 Å². The van der Waals surface area contributed by atoms with E-state index in [2.05, 4.69) is 67.8 Å². The SMILES string of the molecule is CC/C=C/CC/C=C/CC/C=C/C(O)C(COC1OC(CO)C(O)C(O)C1O)NC(=O)CCCCCCCCCCCCCCCCC/C=C\C/C=C\CCCCCCCCCCCOC(=O)CCCCCCCCCCCCCCC. The minimum Gasteiger partial charge on any atom is -0.466 e. The van der Waals surface area contributed by atoms with E-state index in [0.29, 0.717) is 19.4 Å².